The largest absolute Gasteiger partial charge is 0.213 e. The second-order valence-corrected chi connectivity index (χ2v) is 8.89. The smallest absolute Gasteiger partial charge is 0.184 e. The maximum Gasteiger partial charge on any atom is 0.213 e. The van der Waals surface area contributed by atoms with Crippen LogP contribution in [0.15, 0.2) is 54.6 Å². The second kappa shape index (κ2) is 5.32. The highest BCUT2D eigenvalue weighted by Gasteiger charge is 2.58. The molecule has 6 rings (SSSR count). The Labute approximate surface area is 161 Å². The Morgan fingerprint density at radius 2 is 1.81 bits per heavy atom. The third kappa shape index (κ3) is 2.03. The number of benzene rings is 2. The van der Waals surface area contributed by atoms with Gasteiger partial charge in [0.05, 0.1) is 11.5 Å². The molecule has 2 aromatic carbocycles. The molecule has 0 amide bonds. The number of pyridine rings is 1. The molecule has 2 unspecified atom stereocenters. The molecule has 27 heavy (non-hydrogen) atoms. The van der Waals surface area contributed by atoms with Crippen LogP contribution in [0.4, 0.5) is 0 Å². The SMILES string of the molecule is C=C1C2c3c(C)cc(C)cc3-c3ccc4c(C5CCCC5)cccc4[n+]3C12. The highest BCUT2D eigenvalue weighted by Crippen LogP contribution is 2.59. The van der Waals surface area contributed by atoms with Gasteiger partial charge >= 0.3 is 0 Å². The maximum absolute atomic E-state index is 4.46. The van der Waals surface area contributed by atoms with Gasteiger partial charge in [0.1, 0.15) is 0 Å². The van der Waals surface area contributed by atoms with E-state index < -0.39 is 0 Å². The third-order valence-electron chi connectivity index (χ3n) is 7.22. The summed E-state index contributed by atoms with van der Waals surface area (Å²) in [4.78, 5) is 0. The fraction of sp³-hybridized carbons (Fsp3) is 0.346. The zero-order chi connectivity index (χ0) is 18.3. The fourth-order valence-corrected chi connectivity index (χ4v) is 6.01. The number of aryl methyl sites for hydroxylation is 2. The van der Waals surface area contributed by atoms with E-state index in [9.17, 15) is 0 Å². The average molecular weight is 353 g/mol. The molecule has 1 aliphatic heterocycles. The van der Waals surface area contributed by atoms with Crippen LogP contribution in [0.3, 0.4) is 0 Å². The highest BCUT2D eigenvalue weighted by molar-refractivity contribution is 5.84. The van der Waals surface area contributed by atoms with Crippen molar-refractivity contribution in [3.05, 3.63) is 76.9 Å². The van der Waals surface area contributed by atoms with Crippen LogP contribution >= 0.6 is 0 Å². The van der Waals surface area contributed by atoms with Crippen LogP contribution in [0, 0.1) is 13.8 Å². The highest BCUT2D eigenvalue weighted by atomic mass is 15.1. The quantitative estimate of drug-likeness (QED) is 0.358. The summed E-state index contributed by atoms with van der Waals surface area (Å²) in [5.41, 5.74) is 11.4. The number of fused-ring (bicyclic) bond motifs is 8. The molecule has 1 nitrogen and oxygen atoms in total. The Morgan fingerprint density at radius 1 is 1.00 bits per heavy atom. The number of hydrogen-bond donors (Lipinski definition) is 0. The van der Waals surface area contributed by atoms with Gasteiger partial charge in [-0.15, -0.1) is 0 Å². The van der Waals surface area contributed by atoms with Crippen molar-refractivity contribution in [2.24, 2.45) is 0 Å². The van der Waals surface area contributed by atoms with E-state index in [0.717, 1.165) is 5.92 Å². The minimum absolute atomic E-state index is 0.441. The zero-order valence-corrected chi connectivity index (χ0v) is 16.3. The maximum atomic E-state index is 4.46. The molecule has 2 aliphatic carbocycles. The molecule has 0 saturated heterocycles. The molecule has 134 valence electrons. The summed E-state index contributed by atoms with van der Waals surface area (Å²) in [6.07, 6.45) is 5.46. The lowest BCUT2D eigenvalue weighted by molar-refractivity contribution is -0.663. The number of aromatic nitrogens is 1. The van der Waals surface area contributed by atoms with Gasteiger partial charge in [-0.1, -0.05) is 43.2 Å². The van der Waals surface area contributed by atoms with Gasteiger partial charge in [0, 0.05) is 23.1 Å². The van der Waals surface area contributed by atoms with Crippen LogP contribution in [0.25, 0.3) is 22.2 Å². The van der Waals surface area contributed by atoms with Crippen molar-refractivity contribution in [2.45, 2.75) is 57.4 Å². The van der Waals surface area contributed by atoms with Crippen LogP contribution in [0.2, 0.25) is 0 Å². The molecule has 2 saturated carbocycles. The van der Waals surface area contributed by atoms with E-state index >= 15 is 0 Å². The lowest BCUT2D eigenvalue weighted by atomic mass is 9.89. The van der Waals surface area contributed by atoms with Gasteiger partial charge in [-0.3, -0.25) is 0 Å². The van der Waals surface area contributed by atoms with E-state index in [1.165, 1.54) is 70.1 Å². The van der Waals surface area contributed by atoms with Gasteiger partial charge < -0.3 is 0 Å². The Balaban J connectivity index is 1.66. The summed E-state index contributed by atoms with van der Waals surface area (Å²) in [5.74, 6) is 1.24. The first kappa shape index (κ1) is 15.6. The first-order valence-electron chi connectivity index (χ1n) is 10.4. The predicted molar refractivity (Wildman–Crippen MR) is 111 cm³/mol. The zero-order valence-electron chi connectivity index (χ0n) is 16.3. The number of hydrogen-bond acceptors (Lipinski definition) is 0. The first-order chi connectivity index (χ1) is 13.1. The Hall–Kier alpha value is -2.41. The summed E-state index contributed by atoms with van der Waals surface area (Å²) in [5, 5.41) is 1.46. The normalized spacial score (nSPS) is 23.3. The van der Waals surface area contributed by atoms with Crippen molar-refractivity contribution in [3.8, 4) is 11.3 Å². The van der Waals surface area contributed by atoms with Crippen molar-refractivity contribution in [2.75, 3.05) is 0 Å². The topological polar surface area (TPSA) is 3.88 Å². The van der Waals surface area contributed by atoms with Crippen LogP contribution in [-0.4, -0.2) is 0 Å². The van der Waals surface area contributed by atoms with Crippen molar-refractivity contribution >= 4 is 10.9 Å². The van der Waals surface area contributed by atoms with Crippen molar-refractivity contribution in [3.63, 3.8) is 0 Å². The minimum Gasteiger partial charge on any atom is -0.184 e. The van der Waals surface area contributed by atoms with E-state index in [4.69, 9.17) is 0 Å². The average Bonchev–Trinajstić information content (AvgIpc) is 3.07. The molecule has 2 atom stereocenters. The lowest BCUT2D eigenvalue weighted by Crippen LogP contribution is -2.39. The van der Waals surface area contributed by atoms with Gasteiger partial charge in [-0.25, -0.2) is 0 Å². The van der Waals surface area contributed by atoms with E-state index in [0.29, 0.717) is 12.0 Å². The lowest BCUT2D eigenvalue weighted by Gasteiger charge is -2.19. The molecule has 0 bridgehead atoms. The fourth-order valence-electron chi connectivity index (χ4n) is 6.01. The molecule has 0 N–H and O–H groups in total. The summed E-state index contributed by atoms with van der Waals surface area (Å²) >= 11 is 0. The van der Waals surface area contributed by atoms with Gasteiger partial charge in [0.15, 0.2) is 6.04 Å². The molecular weight excluding hydrogens is 326 g/mol. The monoisotopic (exact) mass is 352 g/mol. The van der Waals surface area contributed by atoms with E-state index in [1.54, 1.807) is 5.56 Å². The Morgan fingerprint density at radius 3 is 2.63 bits per heavy atom. The summed E-state index contributed by atoms with van der Waals surface area (Å²) in [6.45, 7) is 8.94. The molecule has 1 heteroatoms. The van der Waals surface area contributed by atoms with Crippen molar-refractivity contribution in [1.29, 1.82) is 0 Å². The molecule has 3 aliphatic rings. The summed E-state index contributed by atoms with van der Waals surface area (Å²) in [6, 6.07) is 16.9. The standard InChI is InChI=1S/C26H26N/c1-15-13-16(2)24-21(14-15)23-12-11-20-19(18-7-4-5-8-18)9-6-10-22(20)27(23)26-17(3)25(24)26/h6,9-14,18,25-26H,3-5,7-8H2,1-2H3/q+1. The number of rotatable bonds is 1. The number of allylic oxidation sites excluding steroid dienone is 1. The Bertz CT molecular complexity index is 1130. The van der Waals surface area contributed by atoms with Crippen LogP contribution in [0.5, 0.6) is 0 Å². The van der Waals surface area contributed by atoms with Gasteiger partial charge in [-0.05, 0) is 61.4 Å². The molecule has 2 heterocycles. The first-order valence-corrected chi connectivity index (χ1v) is 10.4. The van der Waals surface area contributed by atoms with Crippen LogP contribution in [0.1, 0.15) is 65.8 Å². The third-order valence-corrected chi connectivity index (χ3v) is 7.22. The van der Waals surface area contributed by atoms with E-state index in [2.05, 4.69) is 67.5 Å². The minimum atomic E-state index is 0.441. The van der Waals surface area contributed by atoms with E-state index in [1.807, 2.05) is 0 Å². The molecule has 3 aromatic rings. The molecule has 1 aromatic heterocycles. The predicted octanol–water partition coefficient (Wildman–Crippen LogP) is 6.28. The molecule has 2 fully saturated rings. The Kier molecular flexibility index (Phi) is 3.08. The molecular formula is C26H26N+. The van der Waals surface area contributed by atoms with Crippen molar-refractivity contribution in [1.82, 2.24) is 0 Å². The molecule has 0 radical (unpaired) electrons. The number of nitrogens with zero attached hydrogens (tertiary/aromatic N) is 1. The van der Waals surface area contributed by atoms with E-state index in [-0.39, 0.29) is 0 Å². The van der Waals surface area contributed by atoms with Crippen LogP contribution in [-0.2, 0) is 0 Å². The van der Waals surface area contributed by atoms with Gasteiger partial charge in [0.2, 0.25) is 11.2 Å². The van der Waals surface area contributed by atoms with Gasteiger partial charge in [0.25, 0.3) is 0 Å². The second-order valence-electron chi connectivity index (χ2n) is 8.89. The summed E-state index contributed by atoms with van der Waals surface area (Å²) in [7, 11) is 0. The van der Waals surface area contributed by atoms with Crippen LogP contribution < -0.4 is 4.57 Å². The van der Waals surface area contributed by atoms with Gasteiger partial charge in [-0.2, -0.15) is 4.57 Å². The molecule has 0 spiro atoms. The van der Waals surface area contributed by atoms with Crippen molar-refractivity contribution < 1.29 is 4.57 Å². The summed E-state index contributed by atoms with van der Waals surface area (Å²) < 4.78 is 2.60.